The van der Waals surface area contributed by atoms with E-state index >= 15 is 0 Å². The molecule has 0 aliphatic carbocycles. The Bertz CT molecular complexity index is 732. The number of amides is 1. The van der Waals surface area contributed by atoms with E-state index in [4.69, 9.17) is 23.2 Å². The number of benzene rings is 2. The molecule has 0 radical (unpaired) electrons. The van der Waals surface area contributed by atoms with E-state index in [0.29, 0.717) is 16.3 Å². The van der Waals surface area contributed by atoms with Gasteiger partial charge < -0.3 is 5.32 Å². The third kappa shape index (κ3) is 3.51. The third-order valence-corrected chi connectivity index (χ3v) is 3.57. The molecule has 2 aromatic carbocycles. The molecule has 21 heavy (non-hydrogen) atoms. The van der Waals surface area contributed by atoms with Crippen LogP contribution < -0.4 is 5.32 Å². The second-order valence-electron chi connectivity index (χ2n) is 4.34. The molecule has 0 aliphatic rings. The van der Waals surface area contributed by atoms with E-state index < -0.39 is 10.8 Å². The summed E-state index contributed by atoms with van der Waals surface area (Å²) in [7, 11) is 0. The quantitative estimate of drug-likeness (QED) is 0.669. The highest BCUT2D eigenvalue weighted by Gasteiger charge is 2.13. The van der Waals surface area contributed by atoms with Crippen LogP contribution in [0.2, 0.25) is 10.0 Å². The van der Waals surface area contributed by atoms with Gasteiger partial charge in [0, 0.05) is 22.7 Å². The van der Waals surface area contributed by atoms with E-state index in [9.17, 15) is 14.9 Å². The fraction of sp³-hybridized carbons (Fsp3) is 0.0714. The van der Waals surface area contributed by atoms with E-state index in [1.54, 1.807) is 18.2 Å². The zero-order valence-corrected chi connectivity index (χ0v) is 12.4. The predicted molar refractivity (Wildman–Crippen MR) is 82.2 cm³/mol. The fourth-order valence-corrected chi connectivity index (χ4v) is 2.05. The molecule has 2 rings (SSSR count). The van der Waals surface area contributed by atoms with Gasteiger partial charge in [0.25, 0.3) is 11.6 Å². The molecule has 5 nitrogen and oxygen atoms in total. The van der Waals surface area contributed by atoms with Gasteiger partial charge in [-0.3, -0.25) is 14.9 Å². The number of hydrogen-bond acceptors (Lipinski definition) is 3. The Morgan fingerprint density at radius 3 is 2.43 bits per heavy atom. The molecule has 108 valence electrons. The summed E-state index contributed by atoms with van der Waals surface area (Å²) in [5.74, 6) is -0.396. The smallest absolute Gasteiger partial charge is 0.271 e. The topological polar surface area (TPSA) is 72.2 Å². The lowest BCUT2D eigenvalue weighted by atomic mass is 10.1. The zero-order chi connectivity index (χ0) is 15.6. The van der Waals surface area contributed by atoms with Crippen molar-refractivity contribution in [1.29, 1.82) is 0 Å². The number of rotatable bonds is 3. The minimum absolute atomic E-state index is 0.0933. The summed E-state index contributed by atoms with van der Waals surface area (Å²) >= 11 is 11.9. The number of carbonyl (C=O) groups is 1. The van der Waals surface area contributed by atoms with Gasteiger partial charge in [-0.1, -0.05) is 29.3 Å². The van der Waals surface area contributed by atoms with Crippen molar-refractivity contribution in [3.63, 3.8) is 0 Å². The number of non-ortho nitro benzene ring substituents is 1. The van der Waals surface area contributed by atoms with Crippen molar-refractivity contribution < 1.29 is 9.72 Å². The van der Waals surface area contributed by atoms with Crippen molar-refractivity contribution in [2.45, 2.75) is 6.92 Å². The van der Waals surface area contributed by atoms with Gasteiger partial charge in [0.1, 0.15) is 0 Å². The average molecular weight is 325 g/mol. The molecule has 0 aliphatic heterocycles. The molecular weight excluding hydrogens is 315 g/mol. The third-order valence-electron chi connectivity index (χ3n) is 2.85. The van der Waals surface area contributed by atoms with Crippen LogP contribution >= 0.6 is 23.2 Å². The number of anilines is 1. The Labute approximate surface area is 130 Å². The lowest BCUT2D eigenvalue weighted by molar-refractivity contribution is -0.384. The second kappa shape index (κ2) is 6.11. The van der Waals surface area contributed by atoms with Crippen LogP contribution in [-0.2, 0) is 0 Å². The van der Waals surface area contributed by atoms with Gasteiger partial charge in [-0.15, -0.1) is 0 Å². The predicted octanol–water partition coefficient (Wildman–Crippen LogP) is 4.46. The molecule has 0 saturated heterocycles. The number of nitrogens with one attached hydrogen (secondary N) is 1. The summed E-state index contributed by atoms with van der Waals surface area (Å²) in [5.41, 5.74) is 1.39. The summed E-state index contributed by atoms with van der Waals surface area (Å²) in [5, 5.41) is 13.8. The first-order valence-electron chi connectivity index (χ1n) is 5.90. The van der Waals surface area contributed by atoms with E-state index in [1.807, 2.05) is 6.92 Å². The first-order chi connectivity index (χ1) is 9.88. The number of nitro benzene ring substituents is 1. The number of nitrogens with zero attached hydrogens (tertiary/aromatic N) is 1. The van der Waals surface area contributed by atoms with Gasteiger partial charge in [0.05, 0.1) is 15.6 Å². The summed E-state index contributed by atoms with van der Waals surface area (Å²) in [6, 6.07) is 8.74. The van der Waals surface area contributed by atoms with Crippen molar-refractivity contribution in [3.05, 3.63) is 67.7 Å². The maximum absolute atomic E-state index is 12.1. The Kier molecular flexibility index (Phi) is 4.45. The largest absolute Gasteiger partial charge is 0.321 e. The van der Waals surface area contributed by atoms with Crippen LogP contribution in [-0.4, -0.2) is 10.8 Å². The Morgan fingerprint density at radius 2 is 1.86 bits per heavy atom. The highest BCUT2D eigenvalue weighted by Crippen LogP contribution is 2.27. The highest BCUT2D eigenvalue weighted by molar-refractivity contribution is 6.34. The maximum Gasteiger partial charge on any atom is 0.271 e. The van der Waals surface area contributed by atoms with E-state index in [0.717, 1.165) is 5.56 Å². The molecule has 0 saturated carbocycles. The van der Waals surface area contributed by atoms with Crippen molar-refractivity contribution in [2.24, 2.45) is 0 Å². The Morgan fingerprint density at radius 1 is 1.14 bits per heavy atom. The Hall–Kier alpha value is -2.11. The monoisotopic (exact) mass is 324 g/mol. The van der Waals surface area contributed by atoms with Crippen LogP contribution in [0.5, 0.6) is 0 Å². The highest BCUT2D eigenvalue weighted by atomic mass is 35.5. The van der Waals surface area contributed by atoms with Crippen molar-refractivity contribution in [1.82, 2.24) is 0 Å². The summed E-state index contributed by atoms with van der Waals surface area (Å²) < 4.78 is 0. The summed E-state index contributed by atoms with van der Waals surface area (Å²) in [4.78, 5) is 22.2. The summed E-state index contributed by atoms with van der Waals surface area (Å²) in [6.45, 7) is 1.83. The average Bonchev–Trinajstić information content (AvgIpc) is 2.43. The molecule has 1 N–H and O–H groups in total. The molecule has 0 fully saturated rings. The molecule has 7 heteroatoms. The van der Waals surface area contributed by atoms with E-state index in [-0.39, 0.29) is 10.7 Å². The van der Waals surface area contributed by atoms with Crippen LogP contribution in [0.15, 0.2) is 36.4 Å². The minimum atomic E-state index is -0.558. The molecule has 0 atom stereocenters. The van der Waals surface area contributed by atoms with Crippen LogP contribution in [0.25, 0.3) is 0 Å². The van der Waals surface area contributed by atoms with Gasteiger partial charge >= 0.3 is 0 Å². The van der Waals surface area contributed by atoms with E-state index in [2.05, 4.69) is 5.32 Å². The fourth-order valence-electron chi connectivity index (χ4n) is 1.65. The number of halogens is 2. The zero-order valence-electron chi connectivity index (χ0n) is 10.9. The summed E-state index contributed by atoms with van der Waals surface area (Å²) in [6.07, 6.45) is 0. The minimum Gasteiger partial charge on any atom is -0.321 e. The van der Waals surface area contributed by atoms with Gasteiger partial charge in [-0.25, -0.2) is 0 Å². The lowest BCUT2D eigenvalue weighted by Crippen LogP contribution is -2.12. The lowest BCUT2D eigenvalue weighted by Gasteiger charge is -2.08. The second-order valence-corrected chi connectivity index (χ2v) is 5.15. The normalized spacial score (nSPS) is 10.2. The molecule has 1 amide bonds. The van der Waals surface area contributed by atoms with Crippen LogP contribution in [0.3, 0.4) is 0 Å². The van der Waals surface area contributed by atoms with Crippen molar-refractivity contribution in [3.8, 4) is 0 Å². The molecule has 0 aromatic heterocycles. The van der Waals surface area contributed by atoms with Gasteiger partial charge in [0.2, 0.25) is 0 Å². The Balaban J connectivity index is 2.23. The van der Waals surface area contributed by atoms with Crippen molar-refractivity contribution in [2.75, 3.05) is 5.32 Å². The molecule has 2 aromatic rings. The first-order valence-corrected chi connectivity index (χ1v) is 6.65. The van der Waals surface area contributed by atoms with Crippen LogP contribution in [0.1, 0.15) is 15.9 Å². The number of nitro groups is 1. The number of aryl methyl sites for hydroxylation is 1. The van der Waals surface area contributed by atoms with Gasteiger partial charge in [-0.05, 0) is 30.7 Å². The van der Waals surface area contributed by atoms with Crippen LogP contribution in [0.4, 0.5) is 11.4 Å². The number of carbonyl (C=O) groups excluding carboxylic acids is 1. The molecule has 0 bridgehead atoms. The maximum atomic E-state index is 12.1. The van der Waals surface area contributed by atoms with Crippen LogP contribution in [0, 0.1) is 17.0 Å². The van der Waals surface area contributed by atoms with E-state index in [1.165, 1.54) is 18.2 Å². The molecule has 0 unspecified atom stereocenters. The van der Waals surface area contributed by atoms with Crippen molar-refractivity contribution >= 4 is 40.5 Å². The van der Waals surface area contributed by atoms with Gasteiger partial charge in [-0.2, -0.15) is 0 Å². The molecular formula is C14H10Cl2N2O3. The van der Waals surface area contributed by atoms with Gasteiger partial charge in [0.15, 0.2) is 0 Å². The standard InChI is InChI=1S/C14H10Cl2N2O3/c1-8-2-3-9(6-11(8)15)14(19)17-13-5-4-10(18(20)21)7-12(13)16/h2-7H,1H3,(H,17,19). The first kappa shape index (κ1) is 15.3. The molecule has 0 spiro atoms. The SMILES string of the molecule is Cc1ccc(C(=O)Nc2ccc([N+](=O)[O-])cc2Cl)cc1Cl. The molecule has 0 heterocycles. The number of hydrogen-bond donors (Lipinski definition) is 1.